The lowest BCUT2D eigenvalue weighted by atomic mass is 10.1. The Morgan fingerprint density at radius 2 is 1.78 bits per heavy atom. The Bertz CT molecular complexity index is 1410. The second kappa shape index (κ2) is 9.95. The summed E-state index contributed by atoms with van der Waals surface area (Å²) in [5, 5.41) is 3.96. The molecule has 1 unspecified atom stereocenters. The van der Waals surface area contributed by atoms with E-state index in [1.165, 1.54) is 0 Å². The molecular weight excluding hydrogens is 470 g/mol. The maximum absolute atomic E-state index is 13.0. The Balaban J connectivity index is 1.27. The van der Waals surface area contributed by atoms with E-state index in [2.05, 4.69) is 24.4 Å². The fourth-order valence-electron chi connectivity index (χ4n) is 4.45. The summed E-state index contributed by atoms with van der Waals surface area (Å²) in [6, 6.07) is 23.5. The van der Waals surface area contributed by atoms with E-state index in [1.807, 2.05) is 67.6 Å². The molecule has 0 saturated carbocycles. The molecule has 182 valence electrons. The fourth-order valence-corrected chi connectivity index (χ4v) is 5.39. The van der Waals surface area contributed by atoms with Crippen molar-refractivity contribution in [1.29, 1.82) is 0 Å². The average Bonchev–Trinajstić information content (AvgIpc) is 3.48. The quantitative estimate of drug-likeness (QED) is 0.350. The number of anilines is 2. The second-order valence-corrected chi connectivity index (χ2v) is 10.1. The van der Waals surface area contributed by atoms with Crippen LogP contribution in [-0.2, 0) is 9.59 Å². The van der Waals surface area contributed by atoms with Crippen LogP contribution in [-0.4, -0.2) is 30.5 Å². The molecule has 0 radical (unpaired) electrons. The van der Waals surface area contributed by atoms with E-state index in [-0.39, 0.29) is 18.2 Å². The number of hydrogen-bond donors (Lipinski definition) is 1. The minimum absolute atomic E-state index is 0.0809. The number of carbonyl (C=O) groups is 2. The van der Waals surface area contributed by atoms with Gasteiger partial charge in [0.2, 0.25) is 11.8 Å². The third kappa shape index (κ3) is 4.75. The molecule has 3 aromatic carbocycles. The highest BCUT2D eigenvalue weighted by atomic mass is 32.1. The van der Waals surface area contributed by atoms with Crippen LogP contribution in [0.5, 0.6) is 5.75 Å². The third-order valence-corrected chi connectivity index (χ3v) is 7.38. The van der Waals surface area contributed by atoms with Gasteiger partial charge in [-0.15, -0.1) is 11.3 Å². The van der Waals surface area contributed by atoms with Crippen LogP contribution in [0.15, 0.2) is 72.8 Å². The van der Waals surface area contributed by atoms with Crippen LogP contribution >= 0.6 is 11.3 Å². The molecule has 1 aliphatic rings. The predicted octanol–water partition coefficient (Wildman–Crippen LogP) is 6.09. The highest BCUT2D eigenvalue weighted by Gasteiger charge is 2.36. The molecule has 0 bridgehead atoms. The molecular formula is C29H27N3O3S. The minimum Gasteiger partial charge on any atom is -0.495 e. The number of nitrogens with zero attached hydrogens (tertiary/aromatic N) is 2. The van der Waals surface area contributed by atoms with E-state index in [9.17, 15) is 9.59 Å². The first-order chi connectivity index (χ1) is 17.4. The maximum atomic E-state index is 13.0. The summed E-state index contributed by atoms with van der Waals surface area (Å²) in [6.07, 6.45) is 0.168. The molecule has 2 heterocycles. The van der Waals surface area contributed by atoms with Gasteiger partial charge in [0, 0.05) is 34.7 Å². The van der Waals surface area contributed by atoms with Crippen LogP contribution < -0.4 is 15.0 Å². The molecule has 6 nitrogen and oxygen atoms in total. The van der Waals surface area contributed by atoms with Gasteiger partial charge in [-0.2, -0.15) is 0 Å². The first-order valence-corrected chi connectivity index (χ1v) is 12.6. The van der Waals surface area contributed by atoms with Gasteiger partial charge in [-0.1, -0.05) is 48.5 Å². The molecule has 2 amide bonds. The molecule has 36 heavy (non-hydrogen) atoms. The minimum atomic E-state index is -0.434. The number of ether oxygens (including phenoxy) is 1. The molecule has 0 aliphatic carbocycles. The van der Waals surface area contributed by atoms with Crippen molar-refractivity contribution in [1.82, 2.24) is 4.98 Å². The second-order valence-electron chi connectivity index (χ2n) is 8.94. The van der Waals surface area contributed by atoms with Crippen molar-refractivity contribution >= 4 is 34.5 Å². The number of nitrogens with one attached hydrogen (secondary N) is 1. The van der Waals surface area contributed by atoms with Gasteiger partial charge < -0.3 is 15.0 Å². The van der Waals surface area contributed by atoms with E-state index in [1.54, 1.807) is 23.3 Å². The van der Waals surface area contributed by atoms with E-state index in [0.717, 1.165) is 32.3 Å². The summed E-state index contributed by atoms with van der Waals surface area (Å²) in [6.45, 7) is 4.36. The molecule has 0 spiro atoms. The fraction of sp³-hybridized carbons (Fsp3) is 0.207. The van der Waals surface area contributed by atoms with E-state index >= 15 is 0 Å². The highest BCUT2D eigenvalue weighted by Crippen LogP contribution is 2.35. The maximum Gasteiger partial charge on any atom is 0.229 e. The largest absolute Gasteiger partial charge is 0.495 e. The molecule has 1 saturated heterocycles. The number of thiazole rings is 1. The Labute approximate surface area is 214 Å². The van der Waals surface area contributed by atoms with Crippen molar-refractivity contribution in [3.8, 4) is 27.6 Å². The normalized spacial score (nSPS) is 15.2. The van der Waals surface area contributed by atoms with Gasteiger partial charge in [0.1, 0.15) is 10.8 Å². The number of aromatic nitrogens is 1. The molecule has 1 atom stereocenters. The first-order valence-electron chi connectivity index (χ1n) is 11.8. The molecule has 7 heteroatoms. The lowest BCUT2D eigenvalue weighted by molar-refractivity contribution is -0.122. The summed E-state index contributed by atoms with van der Waals surface area (Å²) in [5.74, 6) is -0.0565. The monoisotopic (exact) mass is 497 g/mol. The van der Waals surface area contributed by atoms with Crippen LogP contribution in [0, 0.1) is 19.8 Å². The van der Waals surface area contributed by atoms with Crippen molar-refractivity contribution in [3.05, 3.63) is 83.2 Å². The predicted molar refractivity (Wildman–Crippen MR) is 145 cm³/mol. The van der Waals surface area contributed by atoms with Crippen molar-refractivity contribution in [3.63, 3.8) is 0 Å². The van der Waals surface area contributed by atoms with Crippen molar-refractivity contribution in [2.24, 2.45) is 5.92 Å². The highest BCUT2D eigenvalue weighted by molar-refractivity contribution is 7.15. The summed E-state index contributed by atoms with van der Waals surface area (Å²) in [7, 11) is 1.58. The summed E-state index contributed by atoms with van der Waals surface area (Å²) >= 11 is 1.67. The summed E-state index contributed by atoms with van der Waals surface area (Å²) < 4.78 is 5.44. The molecule has 1 aromatic heterocycles. The van der Waals surface area contributed by atoms with Gasteiger partial charge in [-0.25, -0.2) is 4.98 Å². The Morgan fingerprint density at radius 3 is 2.50 bits per heavy atom. The number of amides is 2. The molecule has 1 N–H and O–H groups in total. The standard InChI is InChI=1S/C29H27N3O3S/c1-18-9-14-25(35-3)24(15-18)32-17-22(16-26(32)33)28(34)30-23-12-10-20(11-13-23)27-19(2)36-29(31-27)21-7-5-4-6-8-21/h4-15,22H,16-17H2,1-3H3,(H,30,34). The summed E-state index contributed by atoms with van der Waals surface area (Å²) in [4.78, 5) is 33.4. The van der Waals surface area contributed by atoms with Gasteiger partial charge in [0.25, 0.3) is 0 Å². The average molecular weight is 498 g/mol. The number of aryl methyl sites for hydroxylation is 2. The number of carbonyl (C=O) groups excluding carboxylic acids is 2. The van der Waals surface area contributed by atoms with Crippen LogP contribution in [0.4, 0.5) is 11.4 Å². The van der Waals surface area contributed by atoms with Gasteiger partial charge >= 0.3 is 0 Å². The van der Waals surface area contributed by atoms with E-state index < -0.39 is 5.92 Å². The summed E-state index contributed by atoms with van der Waals surface area (Å²) in [5.41, 5.74) is 5.47. The van der Waals surface area contributed by atoms with Gasteiger partial charge in [0.05, 0.1) is 24.4 Å². The lowest BCUT2D eigenvalue weighted by Gasteiger charge is -2.20. The van der Waals surface area contributed by atoms with Crippen molar-refractivity contribution in [2.75, 3.05) is 23.9 Å². The molecule has 4 aromatic rings. The van der Waals surface area contributed by atoms with Crippen molar-refractivity contribution < 1.29 is 14.3 Å². The van der Waals surface area contributed by atoms with Crippen LogP contribution in [0.2, 0.25) is 0 Å². The van der Waals surface area contributed by atoms with E-state index in [0.29, 0.717) is 23.7 Å². The zero-order valence-electron chi connectivity index (χ0n) is 20.4. The zero-order valence-corrected chi connectivity index (χ0v) is 21.3. The Kier molecular flexibility index (Phi) is 6.57. The van der Waals surface area contributed by atoms with Crippen molar-refractivity contribution in [2.45, 2.75) is 20.3 Å². The van der Waals surface area contributed by atoms with Gasteiger partial charge in [-0.3, -0.25) is 9.59 Å². The van der Waals surface area contributed by atoms with Crippen LogP contribution in [0.1, 0.15) is 16.9 Å². The molecule has 5 rings (SSSR count). The number of benzene rings is 3. The SMILES string of the molecule is COc1ccc(C)cc1N1CC(C(=O)Nc2ccc(-c3nc(-c4ccccc4)sc3C)cc2)CC1=O. The lowest BCUT2D eigenvalue weighted by Crippen LogP contribution is -2.28. The smallest absolute Gasteiger partial charge is 0.229 e. The topological polar surface area (TPSA) is 71.5 Å². The Hall–Kier alpha value is -3.97. The van der Waals surface area contributed by atoms with Gasteiger partial charge in [-0.05, 0) is 43.7 Å². The Morgan fingerprint density at radius 1 is 1.03 bits per heavy atom. The number of hydrogen-bond acceptors (Lipinski definition) is 5. The third-order valence-electron chi connectivity index (χ3n) is 6.36. The van der Waals surface area contributed by atoms with Gasteiger partial charge in [0.15, 0.2) is 0 Å². The zero-order chi connectivity index (χ0) is 25.2. The molecule has 1 fully saturated rings. The van der Waals surface area contributed by atoms with Crippen LogP contribution in [0.25, 0.3) is 21.8 Å². The van der Waals surface area contributed by atoms with Crippen LogP contribution in [0.3, 0.4) is 0 Å². The number of rotatable bonds is 6. The molecule has 1 aliphatic heterocycles. The number of methoxy groups -OCH3 is 1. The first kappa shape index (κ1) is 23.8. The van der Waals surface area contributed by atoms with E-state index in [4.69, 9.17) is 9.72 Å².